The fourth-order valence-corrected chi connectivity index (χ4v) is 1.79. The monoisotopic (exact) mass is 273 g/mol. The summed E-state index contributed by atoms with van der Waals surface area (Å²) in [6, 6.07) is 13.0. The first-order valence-corrected chi connectivity index (χ1v) is 6.33. The van der Waals surface area contributed by atoms with Crippen LogP contribution in [0.15, 0.2) is 48.5 Å². The number of amides is 1. The molecule has 0 saturated carbocycles. The van der Waals surface area contributed by atoms with E-state index in [1.807, 2.05) is 31.2 Å². The molecule has 0 bridgehead atoms. The largest absolute Gasteiger partial charge is 0.378 e. The number of aryl methyl sites for hydroxylation is 1. The summed E-state index contributed by atoms with van der Waals surface area (Å²) in [5.41, 5.74) is 2.47. The Bertz CT molecular complexity index is 578. The first-order chi connectivity index (χ1) is 9.56. The molecule has 4 heteroatoms. The van der Waals surface area contributed by atoms with E-state index in [0.717, 1.165) is 11.1 Å². The summed E-state index contributed by atoms with van der Waals surface area (Å²) in [6.45, 7) is 2.33. The third-order valence-corrected chi connectivity index (χ3v) is 3.02. The molecule has 0 spiro atoms. The second kappa shape index (κ2) is 6.30. The summed E-state index contributed by atoms with van der Waals surface area (Å²) in [5.74, 6) is -0.904. The van der Waals surface area contributed by atoms with Gasteiger partial charge in [0.15, 0.2) is 6.10 Å². The average molecular weight is 273 g/mol. The lowest BCUT2D eigenvalue weighted by molar-refractivity contribution is -0.129. The van der Waals surface area contributed by atoms with Crippen molar-refractivity contribution in [2.24, 2.45) is 0 Å². The fraction of sp³-hybridized carbons (Fsp3) is 0.188. The molecule has 2 rings (SSSR count). The molecule has 3 nitrogen and oxygen atoms in total. The Labute approximate surface area is 117 Å². The maximum absolute atomic E-state index is 12.8. The van der Waals surface area contributed by atoms with Gasteiger partial charge in [0, 0.05) is 6.54 Å². The van der Waals surface area contributed by atoms with Crippen LogP contribution in [0.4, 0.5) is 4.39 Å². The zero-order chi connectivity index (χ0) is 14.5. The lowest BCUT2D eigenvalue weighted by atomic mass is 10.1. The maximum atomic E-state index is 12.8. The van der Waals surface area contributed by atoms with Crippen molar-refractivity contribution in [2.75, 3.05) is 0 Å². The summed E-state index contributed by atoms with van der Waals surface area (Å²) in [7, 11) is 0. The molecule has 0 saturated heterocycles. The predicted octanol–water partition coefficient (Wildman–Crippen LogP) is 2.48. The highest BCUT2D eigenvalue weighted by atomic mass is 19.1. The van der Waals surface area contributed by atoms with Gasteiger partial charge in [-0.1, -0.05) is 42.0 Å². The fourth-order valence-electron chi connectivity index (χ4n) is 1.79. The summed E-state index contributed by atoms with van der Waals surface area (Å²) >= 11 is 0. The number of aliphatic hydroxyl groups is 1. The lowest BCUT2D eigenvalue weighted by Crippen LogP contribution is -2.28. The van der Waals surface area contributed by atoms with Crippen LogP contribution in [0.25, 0.3) is 0 Å². The van der Waals surface area contributed by atoms with Gasteiger partial charge in [0.2, 0.25) is 0 Å². The molecule has 104 valence electrons. The van der Waals surface area contributed by atoms with Gasteiger partial charge < -0.3 is 10.4 Å². The van der Waals surface area contributed by atoms with Gasteiger partial charge >= 0.3 is 0 Å². The summed E-state index contributed by atoms with van der Waals surface area (Å²) in [6.07, 6.45) is -1.29. The van der Waals surface area contributed by atoms with Crippen molar-refractivity contribution >= 4 is 5.91 Å². The van der Waals surface area contributed by atoms with Crippen molar-refractivity contribution in [2.45, 2.75) is 19.6 Å². The number of aliphatic hydroxyl groups excluding tert-OH is 1. The number of halogens is 1. The van der Waals surface area contributed by atoms with Crippen LogP contribution in [0.5, 0.6) is 0 Å². The van der Waals surface area contributed by atoms with Crippen molar-refractivity contribution in [3.8, 4) is 0 Å². The van der Waals surface area contributed by atoms with E-state index in [-0.39, 0.29) is 0 Å². The molecule has 1 amide bonds. The van der Waals surface area contributed by atoms with E-state index in [1.54, 1.807) is 0 Å². The third kappa shape index (κ3) is 3.65. The van der Waals surface area contributed by atoms with Gasteiger partial charge in [0.05, 0.1) is 0 Å². The number of carbonyl (C=O) groups is 1. The molecular weight excluding hydrogens is 257 g/mol. The maximum Gasteiger partial charge on any atom is 0.253 e. The molecule has 0 aliphatic carbocycles. The first kappa shape index (κ1) is 14.2. The van der Waals surface area contributed by atoms with Gasteiger partial charge in [-0.3, -0.25) is 4.79 Å². The topological polar surface area (TPSA) is 49.3 Å². The molecule has 1 unspecified atom stereocenters. The number of hydrogen-bond donors (Lipinski definition) is 2. The van der Waals surface area contributed by atoms with Crippen LogP contribution in [0.3, 0.4) is 0 Å². The summed E-state index contributed by atoms with van der Waals surface area (Å²) in [5, 5.41) is 12.5. The van der Waals surface area contributed by atoms with Crippen LogP contribution in [-0.2, 0) is 11.3 Å². The Kier molecular flexibility index (Phi) is 4.48. The molecule has 0 radical (unpaired) electrons. The molecular formula is C16H16FNO2. The number of carbonyl (C=O) groups excluding carboxylic acids is 1. The minimum atomic E-state index is -1.29. The molecule has 2 aromatic rings. The van der Waals surface area contributed by atoms with E-state index in [0.29, 0.717) is 12.1 Å². The van der Waals surface area contributed by atoms with E-state index in [9.17, 15) is 14.3 Å². The molecule has 0 fully saturated rings. The van der Waals surface area contributed by atoms with Gasteiger partial charge in [-0.15, -0.1) is 0 Å². The highest BCUT2D eigenvalue weighted by Crippen LogP contribution is 2.13. The van der Waals surface area contributed by atoms with E-state index in [4.69, 9.17) is 0 Å². The lowest BCUT2D eigenvalue weighted by Gasteiger charge is -2.12. The predicted molar refractivity (Wildman–Crippen MR) is 74.4 cm³/mol. The minimum Gasteiger partial charge on any atom is -0.378 e. The van der Waals surface area contributed by atoms with Crippen molar-refractivity contribution < 1.29 is 14.3 Å². The van der Waals surface area contributed by atoms with E-state index < -0.39 is 17.8 Å². The van der Waals surface area contributed by atoms with Crippen LogP contribution < -0.4 is 5.32 Å². The van der Waals surface area contributed by atoms with Crippen molar-refractivity contribution in [3.05, 3.63) is 71.0 Å². The van der Waals surface area contributed by atoms with Gasteiger partial charge in [-0.25, -0.2) is 4.39 Å². The zero-order valence-corrected chi connectivity index (χ0v) is 11.1. The van der Waals surface area contributed by atoms with E-state index in [2.05, 4.69) is 5.32 Å². The zero-order valence-electron chi connectivity index (χ0n) is 11.1. The standard InChI is InChI=1S/C16H16FNO2/c1-11-2-4-12(5-3-11)10-18-16(20)15(19)13-6-8-14(17)9-7-13/h2-9,15,19H,10H2,1H3,(H,18,20). The minimum absolute atomic E-state index is 0.345. The Morgan fingerprint density at radius 3 is 2.35 bits per heavy atom. The Morgan fingerprint density at radius 1 is 1.15 bits per heavy atom. The molecule has 0 aliphatic rings. The number of rotatable bonds is 4. The van der Waals surface area contributed by atoms with Crippen LogP contribution in [0.1, 0.15) is 22.8 Å². The Morgan fingerprint density at radius 2 is 1.75 bits per heavy atom. The van der Waals surface area contributed by atoms with Crippen LogP contribution in [0, 0.1) is 12.7 Å². The van der Waals surface area contributed by atoms with Crippen LogP contribution in [0.2, 0.25) is 0 Å². The van der Waals surface area contributed by atoms with Crippen molar-refractivity contribution in [3.63, 3.8) is 0 Å². The quantitative estimate of drug-likeness (QED) is 0.899. The van der Waals surface area contributed by atoms with Crippen molar-refractivity contribution in [1.82, 2.24) is 5.32 Å². The third-order valence-electron chi connectivity index (χ3n) is 3.02. The smallest absolute Gasteiger partial charge is 0.253 e. The summed E-state index contributed by atoms with van der Waals surface area (Å²) < 4.78 is 12.8. The first-order valence-electron chi connectivity index (χ1n) is 6.33. The normalized spacial score (nSPS) is 11.9. The summed E-state index contributed by atoms with van der Waals surface area (Å²) in [4.78, 5) is 11.8. The van der Waals surface area contributed by atoms with Crippen LogP contribution >= 0.6 is 0 Å². The molecule has 2 N–H and O–H groups in total. The van der Waals surface area contributed by atoms with Gasteiger partial charge in [0.25, 0.3) is 5.91 Å². The van der Waals surface area contributed by atoms with Crippen molar-refractivity contribution in [1.29, 1.82) is 0 Å². The number of hydrogen-bond acceptors (Lipinski definition) is 2. The average Bonchev–Trinajstić information content (AvgIpc) is 2.46. The molecule has 20 heavy (non-hydrogen) atoms. The Balaban J connectivity index is 1.94. The molecule has 0 aliphatic heterocycles. The molecule has 0 heterocycles. The molecule has 2 aromatic carbocycles. The Hall–Kier alpha value is -2.20. The number of nitrogens with one attached hydrogen (secondary N) is 1. The second-order valence-electron chi connectivity index (χ2n) is 4.66. The van der Waals surface area contributed by atoms with E-state index >= 15 is 0 Å². The molecule has 1 atom stereocenters. The SMILES string of the molecule is Cc1ccc(CNC(=O)C(O)c2ccc(F)cc2)cc1. The number of benzene rings is 2. The van der Waals surface area contributed by atoms with Crippen LogP contribution in [-0.4, -0.2) is 11.0 Å². The highest BCUT2D eigenvalue weighted by molar-refractivity contribution is 5.81. The van der Waals surface area contributed by atoms with Gasteiger partial charge in [0.1, 0.15) is 5.82 Å². The van der Waals surface area contributed by atoms with Gasteiger partial charge in [-0.2, -0.15) is 0 Å². The second-order valence-corrected chi connectivity index (χ2v) is 4.66. The van der Waals surface area contributed by atoms with E-state index in [1.165, 1.54) is 24.3 Å². The highest BCUT2D eigenvalue weighted by Gasteiger charge is 2.16. The van der Waals surface area contributed by atoms with Gasteiger partial charge in [-0.05, 0) is 30.2 Å². The molecule has 0 aromatic heterocycles.